The molecule has 2 aromatic rings. The van der Waals surface area contributed by atoms with Crippen LogP contribution in [0.25, 0.3) is 0 Å². The molecule has 1 aliphatic carbocycles. The monoisotopic (exact) mass is 522 g/mol. The normalized spacial score (nSPS) is 22.9. The zero-order valence-corrected chi connectivity index (χ0v) is 22.6. The minimum Gasteiger partial charge on any atom is -0.442 e. The maximum atomic E-state index is 12.9. The number of rotatable bonds is 7. The van der Waals surface area contributed by atoms with Crippen molar-refractivity contribution in [1.29, 1.82) is 0 Å². The number of thioether (sulfide) groups is 1. The quantitative estimate of drug-likeness (QED) is 0.164. The van der Waals surface area contributed by atoms with E-state index in [1.54, 1.807) is 23.9 Å². The van der Waals surface area contributed by atoms with E-state index in [1.807, 2.05) is 34.6 Å². The van der Waals surface area contributed by atoms with E-state index < -0.39 is 11.7 Å². The molecule has 0 radical (unpaired) electrons. The minimum atomic E-state index is -4.27. The van der Waals surface area contributed by atoms with Gasteiger partial charge in [0, 0.05) is 18.8 Å². The van der Waals surface area contributed by atoms with Gasteiger partial charge < -0.3 is 9.32 Å². The Morgan fingerprint density at radius 1 is 1.11 bits per heavy atom. The highest BCUT2D eigenvalue weighted by molar-refractivity contribution is 8.13. The van der Waals surface area contributed by atoms with Crippen LogP contribution in [0, 0.1) is 18.8 Å². The maximum Gasteiger partial charge on any atom is 0.416 e. The standard InChI is InChI=1S/C25H31F3N4OS.C2H6/c1-16-24(33-15-29-16)17(2)30-31-18(3)34-12-4-11-32-13-20-7-10-22(23(20)14-32)19-5-8-21(9-6-19)25(26,27)28;1-2/h5-6,8-9,15,20,22-23H,4,7,10-14H2,1-3H3;1-2H3/b30-17+,31-18+;/t20-,22-,23+;/m1./s1. The molecule has 0 amide bonds. The maximum absolute atomic E-state index is 12.9. The number of oxazole rings is 1. The van der Waals surface area contributed by atoms with Crippen LogP contribution in [0.2, 0.25) is 0 Å². The summed E-state index contributed by atoms with van der Waals surface area (Å²) >= 11 is 1.70. The van der Waals surface area contributed by atoms with Crippen molar-refractivity contribution in [3.05, 3.63) is 53.2 Å². The van der Waals surface area contributed by atoms with Gasteiger partial charge in [-0.3, -0.25) is 0 Å². The van der Waals surface area contributed by atoms with Gasteiger partial charge in [-0.2, -0.15) is 18.3 Å². The number of hydrogen-bond acceptors (Lipinski definition) is 6. The van der Waals surface area contributed by atoms with Crippen LogP contribution in [0.15, 0.2) is 45.3 Å². The molecule has 1 aromatic heterocycles. The van der Waals surface area contributed by atoms with Gasteiger partial charge in [-0.1, -0.05) is 26.0 Å². The highest BCUT2D eigenvalue weighted by atomic mass is 32.2. The third-order valence-corrected chi connectivity index (χ3v) is 7.94. The molecule has 9 heteroatoms. The fourth-order valence-electron chi connectivity index (χ4n) is 5.25. The largest absolute Gasteiger partial charge is 0.442 e. The summed E-state index contributed by atoms with van der Waals surface area (Å²) in [5.74, 6) is 3.20. The second kappa shape index (κ2) is 12.9. The van der Waals surface area contributed by atoms with Gasteiger partial charge in [0.1, 0.15) is 5.71 Å². The van der Waals surface area contributed by atoms with Crippen molar-refractivity contribution in [2.45, 2.75) is 66.0 Å². The highest BCUT2D eigenvalue weighted by Gasteiger charge is 2.43. The van der Waals surface area contributed by atoms with Gasteiger partial charge in [-0.25, -0.2) is 4.98 Å². The number of halogens is 3. The molecule has 2 aliphatic rings. The van der Waals surface area contributed by atoms with Gasteiger partial charge in [0.15, 0.2) is 12.2 Å². The Bertz CT molecular complexity index is 1030. The smallest absolute Gasteiger partial charge is 0.416 e. The molecule has 2 heterocycles. The second-order valence-corrected chi connectivity index (χ2v) is 10.5. The molecule has 3 atom stereocenters. The SMILES string of the molecule is C/C(=N\N=C(/C)c1ocnc1C)SCCCN1C[C@H]2CC[C@H](c3ccc(C(F)(F)F)cc3)[C@H]2C1.CC. The molecule has 0 unspecified atom stereocenters. The summed E-state index contributed by atoms with van der Waals surface area (Å²) in [5.41, 5.74) is 2.00. The molecule has 4 rings (SSSR count). The first-order valence-corrected chi connectivity index (χ1v) is 13.7. The molecule has 1 aliphatic heterocycles. The lowest BCUT2D eigenvalue weighted by Crippen LogP contribution is -2.24. The molecule has 1 saturated carbocycles. The van der Waals surface area contributed by atoms with Crippen molar-refractivity contribution < 1.29 is 17.6 Å². The van der Waals surface area contributed by atoms with E-state index in [2.05, 4.69) is 20.1 Å². The summed E-state index contributed by atoms with van der Waals surface area (Å²) in [6, 6.07) is 5.83. The van der Waals surface area contributed by atoms with Gasteiger partial charge >= 0.3 is 6.18 Å². The predicted octanol–water partition coefficient (Wildman–Crippen LogP) is 7.42. The van der Waals surface area contributed by atoms with E-state index >= 15 is 0 Å². The van der Waals surface area contributed by atoms with Gasteiger partial charge in [0.05, 0.1) is 16.3 Å². The Morgan fingerprint density at radius 3 is 2.47 bits per heavy atom. The van der Waals surface area contributed by atoms with E-state index in [-0.39, 0.29) is 0 Å². The molecule has 0 spiro atoms. The molecule has 0 bridgehead atoms. The lowest BCUT2D eigenvalue weighted by atomic mass is 9.86. The Morgan fingerprint density at radius 2 is 1.83 bits per heavy atom. The number of fused-ring (bicyclic) bond motifs is 1. The number of alkyl halides is 3. The van der Waals surface area contributed by atoms with Crippen LogP contribution in [-0.2, 0) is 6.18 Å². The Hall–Kier alpha value is -2.13. The average Bonchev–Trinajstić information content (AvgIpc) is 3.57. The zero-order chi connectivity index (χ0) is 26.3. The van der Waals surface area contributed by atoms with Crippen molar-refractivity contribution in [3.63, 3.8) is 0 Å². The van der Waals surface area contributed by atoms with E-state index in [1.165, 1.54) is 18.5 Å². The highest BCUT2D eigenvalue weighted by Crippen LogP contribution is 2.47. The third kappa shape index (κ3) is 7.22. The number of nitrogens with zero attached hydrogens (tertiary/aromatic N) is 4. The van der Waals surface area contributed by atoms with E-state index in [9.17, 15) is 13.2 Å². The van der Waals surface area contributed by atoms with Crippen molar-refractivity contribution in [2.24, 2.45) is 22.0 Å². The topological polar surface area (TPSA) is 54.0 Å². The molecule has 5 nitrogen and oxygen atoms in total. The Kier molecular flexibility index (Phi) is 10.2. The van der Waals surface area contributed by atoms with Crippen molar-refractivity contribution >= 4 is 22.5 Å². The minimum absolute atomic E-state index is 0.370. The molecule has 1 saturated heterocycles. The molecular formula is C27H37F3N4OS. The third-order valence-electron chi connectivity index (χ3n) is 6.94. The molecular weight excluding hydrogens is 485 g/mol. The molecule has 36 heavy (non-hydrogen) atoms. The van der Waals surface area contributed by atoms with Crippen LogP contribution in [0.5, 0.6) is 0 Å². The Labute approximate surface area is 216 Å². The van der Waals surface area contributed by atoms with Crippen LogP contribution >= 0.6 is 11.8 Å². The summed E-state index contributed by atoms with van der Waals surface area (Å²) < 4.78 is 44.0. The van der Waals surface area contributed by atoms with Gasteiger partial charge in [0.2, 0.25) is 0 Å². The lowest BCUT2D eigenvalue weighted by molar-refractivity contribution is -0.137. The fourth-order valence-corrected chi connectivity index (χ4v) is 5.92. The predicted molar refractivity (Wildman–Crippen MR) is 142 cm³/mol. The molecule has 198 valence electrons. The summed E-state index contributed by atoms with van der Waals surface area (Å²) in [6.07, 6.45) is 0.436. The van der Waals surface area contributed by atoms with Crippen molar-refractivity contribution in [3.8, 4) is 0 Å². The Balaban J connectivity index is 0.00000176. The van der Waals surface area contributed by atoms with Crippen LogP contribution in [0.1, 0.15) is 75.5 Å². The van der Waals surface area contributed by atoms with Crippen molar-refractivity contribution in [2.75, 3.05) is 25.4 Å². The van der Waals surface area contributed by atoms with E-state index in [0.717, 1.165) is 61.0 Å². The molecule has 1 aromatic carbocycles. The summed E-state index contributed by atoms with van der Waals surface area (Å²) in [5, 5.41) is 9.47. The average molecular weight is 523 g/mol. The second-order valence-electron chi connectivity index (χ2n) is 9.26. The molecule has 2 fully saturated rings. The summed E-state index contributed by atoms with van der Waals surface area (Å²) in [4.78, 5) is 6.59. The van der Waals surface area contributed by atoms with Crippen LogP contribution < -0.4 is 0 Å². The van der Waals surface area contributed by atoms with E-state index in [4.69, 9.17) is 4.42 Å². The number of likely N-dealkylation sites (tertiary alicyclic amines) is 1. The van der Waals surface area contributed by atoms with E-state index in [0.29, 0.717) is 29.2 Å². The number of aromatic nitrogens is 1. The number of aryl methyl sites for hydroxylation is 1. The van der Waals surface area contributed by atoms with Crippen LogP contribution in [0.4, 0.5) is 13.2 Å². The summed E-state index contributed by atoms with van der Waals surface area (Å²) in [6.45, 7) is 12.9. The van der Waals surface area contributed by atoms with Crippen molar-refractivity contribution in [1.82, 2.24) is 9.88 Å². The fraction of sp³-hybridized carbons (Fsp3) is 0.593. The van der Waals surface area contributed by atoms with Crippen LogP contribution in [-0.4, -0.2) is 46.0 Å². The van der Waals surface area contributed by atoms with Crippen LogP contribution in [0.3, 0.4) is 0 Å². The first-order chi connectivity index (χ1) is 17.2. The summed E-state index contributed by atoms with van der Waals surface area (Å²) in [7, 11) is 0. The first-order valence-electron chi connectivity index (χ1n) is 12.7. The number of benzene rings is 1. The van der Waals surface area contributed by atoms with Gasteiger partial charge in [-0.05, 0) is 82.0 Å². The van der Waals surface area contributed by atoms with Gasteiger partial charge in [0.25, 0.3) is 0 Å². The first kappa shape index (κ1) is 28.4. The molecule has 0 N–H and O–H groups in total. The lowest BCUT2D eigenvalue weighted by Gasteiger charge is -2.21. The van der Waals surface area contributed by atoms with Gasteiger partial charge in [-0.15, -0.1) is 16.9 Å². The number of hydrogen-bond donors (Lipinski definition) is 0. The zero-order valence-electron chi connectivity index (χ0n) is 21.8.